The molecule has 39 heavy (non-hydrogen) atoms. The van der Waals surface area contributed by atoms with Crippen LogP contribution in [-0.4, -0.2) is 49.2 Å². The summed E-state index contributed by atoms with van der Waals surface area (Å²) in [6, 6.07) is 26.4. The third-order valence-corrected chi connectivity index (χ3v) is 9.08. The van der Waals surface area contributed by atoms with Crippen LogP contribution in [0.1, 0.15) is 43.2 Å². The van der Waals surface area contributed by atoms with Crippen molar-refractivity contribution in [2.24, 2.45) is 5.92 Å². The number of hydrogen-bond acceptors (Lipinski definition) is 5. The molecule has 0 saturated heterocycles. The predicted molar refractivity (Wildman–Crippen MR) is 151 cm³/mol. The van der Waals surface area contributed by atoms with Crippen molar-refractivity contribution < 1.29 is 23.1 Å². The number of sulfonamides is 1. The number of alkyl carbamates (subject to hydrolysis) is 1. The summed E-state index contributed by atoms with van der Waals surface area (Å²) in [5.74, 6) is 0.237. The second kappa shape index (κ2) is 14.3. The first-order valence-electron chi connectivity index (χ1n) is 13.7. The highest BCUT2D eigenvalue weighted by atomic mass is 32.2. The van der Waals surface area contributed by atoms with Gasteiger partial charge in [-0.1, -0.05) is 98.1 Å². The van der Waals surface area contributed by atoms with Crippen molar-refractivity contribution in [1.82, 2.24) is 9.62 Å². The van der Waals surface area contributed by atoms with Crippen LogP contribution in [0.4, 0.5) is 4.79 Å². The molecule has 3 aromatic rings. The van der Waals surface area contributed by atoms with E-state index >= 15 is 0 Å². The van der Waals surface area contributed by atoms with Gasteiger partial charge in [0.05, 0.1) is 17.0 Å². The molecule has 1 saturated carbocycles. The molecule has 1 amide bonds. The average Bonchev–Trinajstić information content (AvgIpc) is 2.97. The molecule has 0 spiro atoms. The first kappa shape index (κ1) is 28.8. The molecule has 4 rings (SSSR count). The van der Waals surface area contributed by atoms with Gasteiger partial charge in [-0.25, -0.2) is 13.2 Å². The zero-order chi connectivity index (χ0) is 27.5. The summed E-state index contributed by atoms with van der Waals surface area (Å²) >= 11 is 0. The molecule has 208 valence electrons. The summed E-state index contributed by atoms with van der Waals surface area (Å²) in [4.78, 5) is 13.0. The lowest BCUT2D eigenvalue weighted by Crippen LogP contribution is -2.51. The van der Waals surface area contributed by atoms with E-state index in [2.05, 4.69) is 5.32 Å². The Bertz CT molecular complexity index is 1250. The molecular weight excluding hydrogens is 512 g/mol. The van der Waals surface area contributed by atoms with E-state index < -0.39 is 28.3 Å². The molecular formula is C31H38N2O5S. The standard InChI is InChI=1S/C31H38N2O5S/c34-30(23-33(22-26-15-7-2-8-16-26)39(36,37)28-19-11-4-12-20-28)29(21-25-13-5-1-6-14-25)32-31(35)38-24-27-17-9-3-10-18-27/h1,3-6,9-14,17-20,26,29-30,34H,2,7-8,15-16,21-24H2,(H,32,35)/t29-,30+/m0/s1. The fraction of sp³-hybridized carbons (Fsp3) is 0.387. The van der Waals surface area contributed by atoms with Crippen LogP contribution in [0.15, 0.2) is 95.9 Å². The smallest absolute Gasteiger partial charge is 0.407 e. The van der Waals surface area contributed by atoms with Crippen LogP contribution in [0.2, 0.25) is 0 Å². The minimum atomic E-state index is -3.85. The van der Waals surface area contributed by atoms with Gasteiger partial charge in [-0.15, -0.1) is 0 Å². The molecule has 0 heterocycles. The minimum Gasteiger partial charge on any atom is -0.445 e. The van der Waals surface area contributed by atoms with Gasteiger partial charge in [0.25, 0.3) is 0 Å². The molecule has 0 unspecified atom stereocenters. The zero-order valence-electron chi connectivity index (χ0n) is 22.2. The maximum atomic E-state index is 13.7. The normalized spacial score (nSPS) is 15.9. The molecule has 1 aliphatic carbocycles. The van der Waals surface area contributed by atoms with Crippen molar-refractivity contribution in [2.45, 2.75) is 62.2 Å². The highest BCUT2D eigenvalue weighted by molar-refractivity contribution is 7.89. The summed E-state index contributed by atoms with van der Waals surface area (Å²) in [6.45, 7) is 0.298. The van der Waals surface area contributed by atoms with E-state index in [0.717, 1.165) is 36.8 Å². The number of benzene rings is 3. The number of hydrogen-bond donors (Lipinski definition) is 2. The quantitative estimate of drug-likeness (QED) is 0.325. The molecule has 3 aromatic carbocycles. The number of carbonyl (C=O) groups excluding carboxylic acids is 1. The summed E-state index contributed by atoms with van der Waals surface area (Å²) in [5, 5.41) is 14.2. The first-order chi connectivity index (χ1) is 18.9. The molecule has 1 aliphatic rings. The fourth-order valence-electron chi connectivity index (χ4n) is 5.07. The summed E-state index contributed by atoms with van der Waals surface area (Å²) in [5.41, 5.74) is 1.76. The van der Waals surface area contributed by atoms with E-state index in [0.29, 0.717) is 13.0 Å². The Hall–Kier alpha value is -3.20. The lowest BCUT2D eigenvalue weighted by Gasteiger charge is -2.33. The van der Waals surface area contributed by atoms with Crippen molar-refractivity contribution in [3.05, 3.63) is 102 Å². The number of amides is 1. The molecule has 0 bridgehead atoms. The lowest BCUT2D eigenvalue weighted by atomic mass is 9.89. The van der Waals surface area contributed by atoms with Gasteiger partial charge in [0.2, 0.25) is 10.0 Å². The number of aliphatic hydroxyl groups excluding tert-OH is 1. The van der Waals surface area contributed by atoms with Gasteiger partial charge in [0, 0.05) is 13.1 Å². The lowest BCUT2D eigenvalue weighted by molar-refractivity contribution is 0.0853. The molecule has 0 aromatic heterocycles. The van der Waals surface area contributed by atoms with E-state index in [-0.39, 0.29) is 24.0 Å². The van der Waals surface area contributed by atoms with Gasteiger partial charge in [0.15, 0.2) is 0 Å². The highest BCUT2D eigenvalue weighted by Crippen LogP contribution is 2.27. The van der Waals surface area contributed by atoms with Crippen molar-refractivity contribution in [3.8, 4) is 0 Å². The van der Waals surface area contributed by atoms with Crippen LogP contribution in [-0.2, 0) is 27.8 Å². The molecule has 2 atom stereocenters. The van der Waals surface area contributed by atoms with Gasteiger partial charge in [-0.3, -0.25) is 0 Å². The third-order valence-electron chi connectivity index (χ3n) is 7.24. The van der Waals surface area contributed by atoms with E-state index in [1.807, 2.05) is 60.7 Å². The van der Waals surface area contributed by atoms with Crippen LogP contribution in [0.3, 0.4) is 0 Å². The number of nitrogens with zero attached hydrogens (tertiary/aromatic N) is 1. The molecule has 0 radical (unpaired) electrons. The maximum Gasteiger partial charge on any atom is 0.407 e. The number of ether oxygens (including phenoxy) is 1. The topological polar surface area (TPSA) is 95.9 Å². The van der Waals surface area contributed by atoms with E-state index in [9.17, 15) is 18.3 Å². The van der Waals surface area contributed by atoms with Gasteiger partial charge >= 0.3 is 6.09 Å². The number of carbonyl (C=O) groups is 1. The Morgan fingerprint density at radius 2 is 1.44 bits per heavy atom. The maximum absolute atomic E-state index is 13.7. The largest absolute Gasteiger partial charge is 0.445 e. The Balaban J connectivity index is 1.52. The summed E-state index contributed by atoms with van der Waals surface area (Å²) in [7, 11) is -3.85. The molecule has 8 heteroatoms. The molecule has 2 N–H and O–H groups in total. The Morgan fingerprint density at radius 1 is 0.872 bits per heavy atom. The summed E-state index contributed by atoms with van der Waals surface area (Å²) in [6.07, 6.45) is 3.77. The van der Waals surface area contributed by atoms with Crippen LogP contribution in [0.5, 0.6) is 0 Å². The monoisotopic (exact) mass is 550 g/mol. The predicted octanol–water partition coefficient (Wildman–Crippen LogP) is 5.16. The van der Waals surface area contributed by atoms with Crippen molar-refractivity contribution in [2.75, 3.05) is 13.1 Å². The molecule has 7 nitrogen and oxygen atoms in total. The van der Waals surface area contributed by atoms with Crippen molar-refractivity contribution >= 4 is 16.1 Å². The van der Waals surface area contributed by atoms with Gasteiger partial charge in [-0.2, -0.15) is 4.31 Å². The summed E-state index contributed by atoms with van der Waals surface area (Å²) < 4.78 is 34.2. The number of aliphatic hydroxyl groups is 1. The van der Waals surface area contributed by atoms with Crippen LogP contribution >= 0.6 is 0 Å². The Labute approximate surface area is 231 Å². The number of nitrogens with one attached hydrogen (secondary N) is 1. The van der Waals surface area contributed by atoms with Crippen molar-refractivity contribution in [3.63, 3.8) is 0 Å². The Kier molecular flexibility index (Phi) is 10.5. The van der Waals surface area contributed by atoms with E-state index in [4.69, 9.17) is 4.74 Å². The van der Waals surface area contributed by atoms with Gasteiger partial charge < -0.3 is 15.2 Å². The second-order valence-corrected chi connectivity index (χ2v) is 12.1. The average molecular weight is 551 g/mol. The minimum absolute atomic E-state index is 0.0943. The fourth-order valence-corrected chi connectivity index (χ4v) is 6.63. The zero-order valence-corrected chi connectivity index (χ0v) is 23.0. The molecule has 0 aliphatic heterocycles. The number of rotatable bonds is 12. The van der Waals surface area contributed by atoms with E-state index in [1.54, 1.807) is 30.3 Å². The van der Waals surface area contributed by atoms with Gasteiger partial charge in [0.1, 0.15) is 6.61 Å². The van der Waals surface area contributed by atoms with Gasteiger partial charge in [-0.05, 0) is 48.4 Å². The second-order valence-electron chi connectivity index (χ2n) is 10.2. The van der Waals surface area contributed by atoms with Crippen molar-refractivity contribution in [1.29, 1.82) is 0 Å². The van der Waals surface area contributed by atoms with E-state index in [1.165, 1.54) is 10.7 Å². The van der Waals surface area contributed by atoms with Crippen LogP contribution in [0.25, 0.3) is 0 Å². The SMILES string of the molecule is O=C(N[C@@H](Cc1ccccc1)[C@H](O)CN(CC1CCCCC1)S(=O)(=O)c1ccccc1)OCc1ccccc1. The molecule has 1 fully saturated rings. The Morgan fingerprint density at radius 3 is 2.05 bits per heavy atom. The van der Waals surface area contributed by atoms with Crippen LogP contribution < -0.4 is 5.32 Å². The first-order valence-corrected chi connectivity index (χ1v) is 15.1. The highest BCUT2D eigenvalue weighted by Gasteiger charge is 2.33. The third kappa shape index (κ3) is 8.65. The van der Waals surface area contributed by atoms with Crippen LogP contribution in [0, 0.1) is 5.92 Å².